The standard InChI is InChI=1S/C21H17N5O3/c1-2-29-21(28)16-11-14-5-3-4-6-15(14)12-18(16)23-20(27)17-7-8-19(25-24-17)26-10-9-22-13-26/h3-13H,2H2,1H3,(H,23,27). The van der Waals surface area contributed by atoms with Crippen LogP contribution in [0.2, 0.25) is 0 Å². The molecule has 0 saturated heterocycles. The van der Waals surface area contributed by atoms with Crippen LogP contribution in [0.5, 0.6) is 0 Å². The Morgan fingerprint density at radius 1 is 1.07 bits per heavy atom. The summed E-state index contributed by atoms with van der Waals surface area (Å²) in [7, 11) is 0. The predicted molar refractivity (Wildman–Crippen MR) is 107 cm³/mol. The molecule has 0 saturated carbocycles. The summed E-state index contributed by atoms with van der Waals surface area (Å²) in [4.78, 5) is 29.0. The molecule has 0 spiro atoms. The molecule has 0 bridgehead atoms. The number of nitrogens with zero attached hydrogens (tertiary/aromatic N) is 4. The van der Waals surface area contributed by atoms with Crippen molar-refractivity contribution in [2.45, 2.75) is 6.92 Å². The third-order valence-corrected chi connectivity index (χ3v) is 4.28. The third kappa shape index (κ3) is 3.81. The topological polar surface area (TPSA) is 99.0 Å². The molecule has 0 fully saturated rings. The maximum absolute atomic E-state index is 12.7. The average molecular weight is 387 g/mol. The van der Waals surface area contributed by atoms with E-state index in [0.29, 0.717) is 11.5 Å². The van der Waals surface area contributed by atoms with Gasteiger partial charge in [0.1, 0.15) is 6.33 Å². The monoisotopic (exact) mass is 387 g/mol. The number of hydrogen-bond acceptors (Lipinski definition) is 6. The van der Waals surface area contributed by atoms with Crippen molar-refractivity contribution in [3.63, 3.8) is 0 Å². The number of benzene rings is 2. The van der Waals surface area contributed by atoms with Crippen molar-refractivity contribution >= 4 is 28.3 Å². The summed E-state index contributed by atoms with van der Waals surface area (Å²) in [5, 5.41) is 12.5. The summed E-state index contributed by atoms with van der Waals surface area (Å²) in [6, 6.07) is 14.2. The number of imidazole rings is 1. The maximum Gasteiger partial charge on any atom is 0.340 e. The number of amides is 1. The molecular weight excluding hydrogens is 370 g/mol. The van der Waals surface area contributed by atoms with Gasteiger partial charge in [-0.05, 0) is 42.0 Å². The van der Waals surface area contributed by atoms with E-state index in [9.17, 15) is 9.59 Å². The first-order chi connectivity index (χ1) is 14.2. The molecule has 2 aromatic carbocycles. The van der Waals surface area contributed by atoms with Crippen LogP contribution in [0.1, 0.15) is 27.8 Å². The van der Waals surface area contributed by atoms with Gasteiger partial charge >= 0.3 is 5.97 Å². The Morgan fingerprint density at radius 3 is 2.52 bits per heavy atom. The predicted octanol–water partition coefficient (Wildman–Crippen LogP) is 3.24. The van der Waals surface area contributed by atoms with E-state index in [1.54, 1.807) is 54.5 Å². The van der Waals surface area contributed by atoms with Crippen molar-refractivity contribution in [3.05, 3.63) is 78.5 Å². The number of carbonyl (C=O) groups excluding carboxylic acids is 2. The van der Waals surface area contributed by atoms with Crippen LogP contribution in [0.4, 0.5) is 5.69 Å². The average Bonchev–Trinajstić information content (AvgIpc) is 3.28. The van der Waals surface area contributed by atoms with E-state index in [2.05, 4.69) is 20.5 Å². The van der Waals surface area contributed by atoms with E-state index in [-0.39, 0.29) is 17.9 Å². The lowest BCUT2D eigenvalue weighted by Gasteiger charge is -2.12. The van der Waals surface area contributed by atoms with Gasteiger partial charge in [0.05, 0.1) is 17.9 Å². The molecule has 0 radical (unpaired) electrons. The van der Waals surface area contributed by atoms with E-state index in [1.165, 1.54) is 0 Å². The number of fused-ring (bicyclic) bond motifs is 1. The summed E-state index contributed by atoms with van der Waals surface area (Å²) in [6.07, 6.45) is 4.94. The number of ether oxygens (including phenoxy) is 1. The molecule has 1 N–H and O–H groups in total. The molecular formula is C21H17N5O3. The van der Waals surface area contributed by atoms with Gasteiger partial charge in [-0.15, -0.1) is 10.2 Å². The molecule has 0 aliphatic rings. The van der Waals surface area contributed by atoms with Gasteiger partial charge in [-0.25, -0.2) is 9.78 Å². The fourth-order valence-electron chi connectivity index (χ4n) is 2.89. The number of rotatable bonds is 5. The van der Waals surface area contributed by atoms with Crippen LogP contribution in [-0.2, 0) is 4.74 Å². The minimum atomic E-state index is -0.505. The van der Waals surface area contributed by atoms with Gasteiger partial charge in [0.15, 0.2) is 11.5 Å². The quantitative estimate of drug-likeness (QED) is 0.528. The van der Waals surface area contributed by atoms with E-state index in [4.69, 9.17) is 4.74 Å². The van der Waals surface area contributed by atoms with Gasteiger partial charge in [0.2, 0.25) is 0 Å². The summed E-state index contributed by atoms with van der Waals surface area (Å²) < 4.78 is 6.81. The van der Waals surface area contributed by atoms with E-state index < -0.39 is 11.9 Å². The molecule has 0 atom stereocenters. The highest BCUT2D eigenvalue weighted by Gasteiger charge is 2.17. The zero-order valence-electron chi connectivity index (χ0n) is 15.6. The van der Waals surface area contributed by atoms with Gasteiger partial charge in [0.25, 0.3) is 5.91 Å². The molecule has 4 rings (SSSR count). The number of carbonyl (C=O) groups is 2. The summed E-state index contributed by atoms with van der Waals surface area (Å²) in [6.45, 7) is 1.97. The van der Waals surface area contributed by atoms with Crippen molar-refractivity contribution in [3.8, 4) is 5.82 Å². The Balaban J connectivity index is 1.64. The zero-order chi connectivity index (χ0) is 20.2. The Bertz CT molecular complexity index is 1170. The lowest BCUT2D eigenvalue weighted by atomic mass is 10.0. The lowest BCUT2D eigenvalue weighted by Crippen LogP contribution is -2.18. The second-order valence-electron chi connectivity index (χ2n) is 6.17. The molecule has 8 nitrogen and oxygen atoms in total. The van der Waals surface area contributed by atoms with Crippen LogP contribution in [0.3, 0.4) is 0 Å². The van der Waals surface area contributed by atoms with Crippen molar-refractivity contribution in [1.82, 2.24) is 19.7 Å². The Morgan fingerprint density at radius 2 is 1.86 bits per heavy atom. The molecule has 2 heterocycles. The van der Waals surface area contributed by atoms with Crippen LogP contribution in [-0.4, -0.2) is 38.2 Å². The van der Waals surface area contributed by atoms with Gasteiger partial charge in [-0.3, -0.25) is 9.36 Å². The first kappa shape index (κ1) is 18.3. The number of esters is 1. The van der Waals surface area contributed by atoms with Crippen LogP contribution in [0.15, 0.2) is 67.3 Å². The number of hydrogen-bond donors (Lipinski definition) is 1. The van der Waals surface area contributed by atoms with Gasteiger partial charge in [-0.2, -0.15) is 0 Å². The number of anilines is 1. The third-order valence-electron chi connectivity index (χ3n) is 4.28. The maximum atomic E-state index is 12.7. The fraction of sp³-hybridized carbons (Fsp3) is 0.0952. The summed E-state index contributed by atoms with van der Waals surface area (Å²) in [5.41, 5.74) is 0.756. The Hall–Kier alpha value is -4.07. The number of nitrogens with one attached hydrogen (secondary N) is 1. The van der Waals surface area contributed by atoms with Crippen LogP contribution < -0.4 is 5.32 Å². The normalized spacial score (nSPS) is 10.7. The summed E-state index contributed by atoms with van der Waals surface area (Å²) in [5.74, 6) is -0.442. The molecule has 8 heteroatoms. The van der Waals surface area contributed by atoms with E-state index >= 15 is 0 Å². The van der Waals surface area contributed by atoms with Crippen LogP contribution in [0.25, 0.3) is 16.6 Å². The largest absolute Gasteiger partial charge is 0.462 e. The molecule has 144 valence electrons. The molecule has 1 amide bonds. The van der Waals surface area contributed by atoms with Crippen molar-refractivity contribution < 1.29 is 14.3 Å². The molecule has 2 aromatic heterocycles. The van der Waals surface area contributed by atoms with Gasteiger partial charge < -0.3 is 10.1 Å². The van der Waals surface area contributed by atoms with Crippen LogP contribution >= 0.6 is 0 Å². The smallest absolute Gasteiger partial charge is 0.340 e. The molecule has 29 heavy (non-hydrogen) atoms. The highest BCUT2D eigenvalue weighted by atomic mass is 16.5. The minimum Gasteiger partial charge on any atom is -0.462 e. The minimum absolute atomic E-state index is 0.122. The molecule has 0 aliphatic carbocycles. The fourth-order valence-corrected chi connectivity index (χ4v) is 2.89. The van der Waals surface area contributed by atoms with E-state index in [0.717, 1.165) is 10.8 Å². The molecule has 0 unspecified atom stereocenters. The van der Waals surface area contributed by atoms with Crippen LogP contribution in [0, 0.1) is 0 Å². The first-order valence-corrected chi connectivity index (χ1v) is 8.99. The highest BCUT2D eigenvalue weighted by Crippen LogP contribution is 2.25. The number of aromatic nitrogens is 4. The first-order valence-electron chi connectivity index (χ1n) is 8.99. The Labute approximate surface area is 166 Å². The van der Waals surface area contributed by atoms with E-state index in [1.807, 2.05) is 24.3 Å². The van der Waals surface area contributed by atoms with Crippen molar-refractivity contribution in [2.75, 3.05) is 11.9 Å². The second-order valence-corrected chi connectivity index (χ2v) is 6.17. The SMILES string of the molecule is CCOC(=O)c1cc2ccccc2cc1NC(=O)c1ccc(-n2ccnc2)nn1. The zero-order valence-corrected chi connectivity index (χ0v) is 15.6. The van der Waals surface area contributed by atoms with Gasteiger partial charge in [0, 0.05) is 12.4 Å². The molecule has 4 aromatic rings. The summed E-state index contributed by atoms with van der Waals surface area (Å²) >= 11 is 0. The highest BCUT2D eigenvalue weighted by molar-refractivity contribution is 6.09. The van der Waals surface area contributed by atoms with Crippen molar-refractivity contribution in [2.24, 2.45) is 0 Å². The second kappa shape index (κ2) is 7.89. The lowest BCUT2D eigenvalue weighted by molar-refractivity contribution is 0.0528. The van der Waals surface area contributed by atoms with Gasteiger partial charge in [-0.1, -0.05) is 24.3 Å². The van der Waals surface area contributed by atoms with Crippen molar-refractivity contribution in [1.29, 1.82) is 0 Å². The Kier molecular flexibility index (Phi) is 4.98. The molecule has 0 aliphatic heterocycles.